The average Bonchev–Trinajstić information content (AvgIpc) is 3.17. The van der Waals surface area contributed by atoms with Gasteiger partial charge >= 0.3 is 0 Å². The van der Waals surface area contributed by atoms with Gasteiger partial charge < -0.3 is 14.8 Å². The van der Waals surface area contributed by atoms with Gasteiger partial charge in [-0.1, -0.05) is 42.5 Å². The number of rotatable bonds is 5. The van der Waals surface area contributed by atoms with Gasteiger partial charge in [-0.25, -0.2) is 4.68 Å². The Morgan fingerprint density at radius 3 is 2.79 bits per heavy atom. The summed E-state index contributed by atoms with van der Waals surface area (Å²) in [5.74, 6) is 0.529. The molecule has 1 amide bonds. The molecule has 7 heteroatoms. The van der Waals surface area contributed by atoms with Gasteiger partial charge in [0.15, 0.2) is 5.69 Å². The lowest BCUT2D eigenvalue weighted by molar-refractivity contribution is -0.00173. The van der Waals surface area contributed by atoms with Crippen LogP contribution in [0.4, 0.5) is 5.69 Å². The van der Waals surface area contributed by atoms with E-state index in [2.05, 4.69) is 22.6 Å². The number of aromatic nitrogens is 3. The van der Waals surface area contributed by atoms with Crippen LogP contribution in [0.3, 0.4) is 0 Å². The Kier molecular flexibility index (Phi) is 5.08. The molecule has 28 heavy (non-hydrogen) atoms. The van der Waals surface area contributed by atoms with Crippen molar-refractivity contribution in [3.8, 4) is 5.75 Å². The standard InChI is InChI=1S/C21H22N4O3/c1-3-14-6-4-5-7-17(14)22-21(26)20-18-13-28-19(12-25(18)24-23-20)15-8-10-16(27-2)11-9-15/h4-11,19H,3,12-13H2,1-2H3,(H,22,26)/t19-/m0/s1. The number of carbonyl (C=O) groups is 1. The number of anilines is 1. The van der Waals surface area contributed by atoms with Crippen LogP contribution < -0.4 is 10.1 Å². The summed E-state index contributed by atoms with van der Waals surface area (Å²) in [4.78, 5) is 12.7. The third-order valence-electron chi connectivity index (χ3n) is 4.95. The van der Waals surface area contributed by atoms with Gasteiger partial charge in [-0.05, 0) is 35.7 Å². The van der Waals surface area contributed by atoms with Crippen molar-refractivity contribution in [2.75, 3.05) is 12.4 Å². The predicted molar refractivity (Wildman–Crippen MR) is 104 cm³/mol. The average molecular weight is 378 g/mol. The normalized spacial score (nSPS) is 15.7. The number of ether oxygens (including phenoxy) is 2. The molecule has 0 saturated heterocycles. The maximum Gasteiger partial charge on any atom is 0.278 e. The topological polar surface area (TPSA) is 78.3 Å². The van der Waals surface area contributed by atoms with Crippen LogP contribution in [0, 0.1) is 0 Å². The van der Waals surface area contributed by atoms with Gasteiger partial charge in [0.25, 0.3) is 5.91 Å². The lowest BCUT2D eigenvalue weighted by Crippen LogP contribution is -2.24. The number of aryl methyl sites for hydroxylation is 1. The minimum absolute atomic E-state index is 0.142. The molecule has 0 fully saturated rings. The summed E-state index contributed by atoms with van der Waals surface area (Å²) >= 11 is 0. The second kappa shape index (κ2) is 7.82. The molecule has 144 valence electrons. The smallest absolute Gasteiger partial charge is 0.278 e. The van der Waals surface area contributed by atoms with Gasteiger partial charge in [0.05, 0.1) is 26.0 Å². The van der Waals surface area contributed by atoms with Gasteiger partial charge in [-0.2, -0.15) is 0 Å². The summed E-state index contributed by atoms with van der Waals surface area (Å²) in [5.41, 5.74) is 3.90. The summed E-state index contributed by atoms with van der Waals surface area (Å²) in [7, 11) is 1.64. The first-order valence-corrected chi connectivity index (χ1v) is 9.26. The summed E-state index contributed by atoms with van der Waals surface area (Å²) in [6.45, 7) is 2.84. The maximum absolute atomic E-state index is 12.7. The lowest BCUT2D eigenvalue weighted by atomic mass is 10.1. The zero-order valence-corrected chi connectivity index (χ0v) is 15.9. The third kappa shape index (κ3) is 3.48. The Hall–Kier alpha value is -3.19. The summed E-state index contributed by atoms with van der Waals surface area (Å²) in [6, 6.07) is 15.5. The van der Waals surface area contributed by atoms with Crippen molar-refractivity contribution in [2.24, 2.45) is 0 Å². The second-order valence-corrected chi connectivity index (χ2v) is 6.60. The number of fused-ring (bicyclic) bond motifs is 1. The highest BCUT2D eigenvalue weighted by Gasteiger charge is 2.28. The molecule has 0 bridgehead atoms. The molecule has 1 atom stereocenters. The van der Waals surface area contributed by atoms with Crippen LogP contribution in [0.2, 0.25) is 0 Å². The molecular weight excluding hydrogens is 356 g/mol. The van der Waals surface area contributed by atoms with Gasteiger partial charge in [0.1, 0.15) is 11.9 Å². The molecule has 2 aromatic carbocycles. The second-order valence-electron chi connectivity index (χ2n) is 6.60. The fourth-order valence-electron chi connectivity index (χ4n) is 3.34. The molecule has 2 heterocycles. The molecule has 1 aliphatic rings. The van der Waals surface area contributed by atoms with Crippen molar-refractivity contribution in [1.29, 1.82) is 0 Å². The van der Waals surface area contributed by atoms with Gasteiger partial charge in [-0.3, -0.25) is 4.79 Å². The first-order valence-electron chi connectivity index (χ1n) is 9.26. The Balaban J connectivity index is 1.51. The molecule has 1 aromatic heterocycles. The number of nitrogens with one attached hydrogen (secondary N) is 1. The lowest BCUT2D eigenvalue weighted by Gasteiger charge is -2.24. The highest BCUT2D eigenvalue weighted by molar-refractivity contribution is 6.04. The predicted octanol–water partition coefficient (Wildman–Crippen LogP) is 3.37. The number of para-hydroxylation sites is 1. The van der Waals surface area contributed by atoms with E-state index in [0.717, 1.165) is 29.0 Å². The first-order chi connectivity index (χ1) is 13.7. The molecule has 1 N–H and O–H groups in total. The fourth-order valence-corrected chi connectivity index (χ4v) is 3.34. The number of benzene rings is 2. The Labute approximate surface area is 163 Å². The fraction of sp³-hybridized carbons (Fsp3) is 0.286. The van der Waals surface area contributed by atoms with E-state index in [9.17, 15) is 4.79 Å². The minimum Gasteiger partial charge on any atom is -0.497 e. The molecule has 0 aliphatic carbocycles. The first kappa shape index (κ1) is 18.2. The van der Waals surface area contributed by atoms with Crippen LogP contribution in [0.5, 0.6) is 5.75 Å². The Bertz CT molecular complexity index is 982. The molecule has 0 spiro atoms. The van der Waals surface area contributed by atoms with Gasteiger partial charge in [-0.15, -0.1) is 5.10 Å². The van der Waals surface area contributed by atoms with Crippen LogP contribution >= 0.6 is 0 Å². The van der Waals surface area contributed by atoms with Crippen molar-refractivity contribution < 1.29 is 14.3 Å². The zero-order chi connectivity index (χ0) is 19.5. The SMILES string of the molecule is CCc1ccccc1NC(=O)c1nnn2c1CO[C@H](c1ccc(OC)cc1)C2. The van der Waals surface area contributed by atoms with Crippen molar-refractivity contribution in [2.45, 2.75) is 32.6 Å². The van der Waals surface area contributed by atoms with Crippen LogP contribution in [-0.4, -0.2) is 28.0 Å². The van der Waals surface area contributed by atoms with E-state index in [-0.39, 0.29) is 18.6 Å². The largest absolute Gasteiger partial charge is 0.497 e. The van der Waals surface area contributed by atoms with Crippen LogP contribution in [-0.2, 0) is 24.3 Å². The van der Waals surface area contributed by atoms with Gasteiger partial charge in [0.2, 0.25) is 0 Å². The molecule has 0 saturated carbocycles. The van der Waals surface area contributed by atoms with E-state index in [0.29, 0.717) is 17.9 Å². The van der Waals surface area contributed by atoms with Crippen LogP contribution in [0.25, 0.3) is 0 Å². The van der Waals surface area contributed by atoms with Crippen molar-refractivity contribution in [1.82, 2.24) is 15.0 Å². The molecular formula is C21H22N4O3. The summed E-state index contributed by atoms with van der Waals surface area (Å²) in [5, 5.41) is 11.2. The summed E-state index contributed by atoms with van der Waals surface area (Å²) < 4.78 is 12.9. The maximum atomic E-state index is 12.7. The molecule has 1 aliphatic heterocycles. The number of nitrogens with zero attached hydrogens (tertiary/aromatic N) is 3. The van der Waals surface area contributed by atoms with E-state index in [1.807, 2.05) is 48.5 Å². The van der Waals surface area contributed by atoms with Crippen LogP contribution in [0.1, 0.15) is 40.3 Å². The van der Waals surface area contributed by atoms with E-state index < -0.39 is 0 Å². The molecule has 3 aromatic rings. The Morgan fingerprint density at radius 2 is 2.04 bits per heavy atom. The number of hydrogen-bond acceptors (Lipinski definition) is 5. The number of amides is 1. The van der Waals surface area contributed by atoms with E-state index in [4.69, 9.17) is 9.47 Å². The third-order valence-corrected chi connectivity index (χ3v) is 4.95. The monoisotopic (exact) mass is 378 g/mol. The highest BCUT2D eigenvalue weighted by Crippen LogP contribution is 2.28. The van der Waals surface area contributed by atoms with E-state index >= 15 is 0 Å². The van der Waals surface area contributed by atoms with Crippen molar-refractivity contribution >= 4 is 11.6 Å². The highest BCUT2D eigenvalue weighted by atomic mass is 16.5. The number of carbonyl (C=O) groups excluding carboxylic acids is 1. The molecule has 0 radical (unpaired) electrons. The van der Waals surface area contributed by atoms with Crippen LogP contribution in [0.15, 0.2) is 48.5 Å². The van der Waals surface area contributed by atoms with Crippen molar-refractivity contribution in [3.05, 3.63) is 71.0 Å². The Morgan fingerprint density at radius 1 is 1.25 bits per heavy atom. The zero-order valence-electron chi connectivity index (χ0n) is 15.9. The van der Waals surface area contributed by atoms with E-state index in [1.54, 1.807) is 11.8 Å². The number of hydrogen-bond donors (Lipinski definition) is 1. The summed E-state index contributed by atoms with van der Waals surface area (Å²) in [6.07, 6.45) is 0.694. The van der Waals surface area contributed by atoms with Crippen molar-refractivity contribution in [3.63, 3.8) is 0 Å². The minimum atomic E-state index is -0.270. The van der Waals surface area contributed by atoms with E-state index in [1.165, 1.54) is 0 Å². The molecule has 7 nitrogen and oxygen atoms in total. The van der Waals surface area contributed by atoms with Gasteiger partial charge in [0, 0.05) is 5.69 Å². The molecule has 4 rings (SSSR count). The quantitative estimate of drug-likeness (QED) is 0.736. The molecule has 0 unspecified atom stereocenters. The number of methoxy groups -OCH3 is 1.